The van der Waals surface area contributed by atoms with Crippen molar-refractivity contribution in [1.82, 2.24) is 20.4 Å². The first-order valence-corrected chi connectivity index (χ1v) is 8.66. The first kappa shape index (κ1) is 16.1. The Kier molecular flexibility index (Phi) is 3.59. The Labute approximate surface area is 145 Å². The lowest BCUT2D eigenvalue weighted by atomic mass is 9.76. The third-order valence-corrected chi connectivity index (χ3v) is 4.47. The lowest BCUT2D eigenvalue weighted by molar-refractivity contribution is 0.0362. The number of hydrogen-bond donors (Lipinski definition) is 1. The van der Waals surface area contributed by atoms with E-state index in [1.165, 1.54) is 0 Å². The molecule has 0 unspecified atom stereocenters. The van der Waals surface area contributed by atoms with Crippen LogP contribution in [0.1, 0.15) is 70.5 Å². The SMILES string of the molecule is CC(C)(C)OC(=O)NC1(c2noc(-c3coc(C4CC4)n3)n2)CCC1. The van der Waals surface area contributed by atoms with Crippen LogP contribution in [0.4, 0.5) is 4.79 Å². The maximum atomic E-state index is 12.2. The number of oxazole rings is 1. The van der Waals surface area contributed by atoms with Gasteiger partial charge in [-0.05, 0) is 52.9 Å². The summed E-state index contributed by atoms with van der Waals surface area (Å²) in [4.78, 5) is 21.0. The highest BCUT2D eigenvalue weighted by Crippen LogP contribution is 2.42. The van der Waals surface area contributed by atoms with E-state index in [1.54, 1.807) is 6.26 Å². The van der Waals surface area contributed by atoms with Crippen LogP contribution in [-0.4, -0.2) is 26.8 Å². The number of alkyl carbamates (subject to hydrolysis) is 1. The lowest BCUT2D eigenvalue weighted by Gasteiger charge is -2.39. The van der Waals surface area contributed by atoms with Crippen LogP contribution in [0.3, 0.4) is 0 Å². The van der Waals surface area contributed by atoms with Gasteiger partial charge in [0, 0.05) is 5.92 Å². The Morgan fingerprint density at radius 2 is 2.08 bits per heavy atom. The molecule has 2 aliphatic carbocycles. The number of carbonyl (C=O) groups is 1. The van der Waals surface area contributed by atoms with Crippen molar-refractivity contribution in [2.45, 2.75) is 69.9 Å². The summed E-state index contributed by atoms with van der Waals surface area (Å²) in [6.45, 7) is 5.48. The van der Waals surface area contributed by atoms with Gasteiger partial charge in [-0.25, -0.2) is 9.78 Å². The van der Waals surface area contributed by atoms with Gasteiger partial charge >= 0.3 is 6.09 Å². The molecular weight excluding hydrogens is 324 g/mol. The predicted molar refractivity (Wildman–Crippen MR) is 86.7 cm³/mol. The maximum Gasteiger partial charge on any atom is 0.408 e. The van der Waals surface area contributed by atoms with Gasteiger partial charge in [-0.1, -0.05) is 5.16 Å². The number of nitrogens with one attached hydrogen (secondary N) is 1. The second-order valence-electron chi connectivity index (χ2n) is 7.83. The Hall–Kier alpha value is -2.38. The van der Waals surface area contributed by atoms with E-state index in [9.17, 15) is 4.79 Å². The molecule has 2 heterocycles. The van der Waals surface area contributed by atoms with Crippen molar-refractivity contribution < 1.29 is 18.5 Å². The average Bonchev–Trinajstić information content (AvgIpc) is 3.02. The van der Waals surface area contributed by atoms with Gasteiger partial charge in [-0.15, -0.1) is 0 Å². The van der Waals surface area contributed by atoms with E-state index in [0.717, 1.165) is 38.0 Å². The average molecular weight is 346 g/mol. The third-order valence-electron chi connectivity index (χ3n) is 4.47. The number of rotatable bonds is 4. The Bertz CT molecular complexity index is 781. The van der Waals surface area contributed by atoms with Gasteiger partial charge in [0.25, 0.3) is 5.89 Å². The van der Waals surface area contributed by atoms with E-state index in [-0.39, 0.29) is 0 Å². The summed E-state index contributed by atoms with van der Waals surface area (Å²) in [5, 5.41) is 6.98. The number of amides is 1. The fraction of sp³-hybridized carbons (Fsp3) is 0.647. The topological polar surface area (TPSA) is 103 Å². The minimum atomic E-state index is -0.632. The van der Waals surface area contributed by atoms with Crippen LogP contribution in [0.15, 0.2) is 15.2 Å². The first-order chi connectivity index (χ1) is 11.8. The summed E-state index contributed by atoms with van der Waals surface area (Å²) >= 11 is 0. The standard InChI is InChI=1S/C17H22N4O4/c1-16(2,3)24-15(22)20-17(7-4-8-17)14-19-13(25-21-14)11-9-23-12(18-11)10-5-6-10/h9-10H,4-8H2,1-3H3,(H,20,22). The van der Waals surface area contributed by atoms with E-state index in [4.69, 9.17) is 13.7 Å². The van der Waals surface area contributed by atoms with Crippen LogP contribution >= 0.6 is 0 Å². The Morgan fingerprint density at radius 3 is 2.68 bits per heavy atom. The number of aromatic nitrogens is 3. The van der Waals surface area contributed by atoms with Crippen molar-refractivity contribution in [1.29, 1.82) is 0 Å². The minimum Gasteiger partial charge on any atom is -0.448 e. The second kappa shape index (κ2) is 5.57. The Balaban J connectivity index is 1.51. The van der Waals surface area contributed by atoms with Gasteiger partial charge < -0.3 is 19.0 Å². The van der Waals surface area contributed by atoms with Gasteiger partial charge in [0.1, 0.15) is 17.4 Å². The molecule has 0 radical (unpaired) electrons. The molecule has 2 aliphatic rings. The summed E-state index contributed by atoms with van der Waals surface area (Å²) < 4.78 is 16.2. The van der Waals surface area contributed by atoms with Gasteiger partial charge in [0.05, 0.1) is 0 Å². The molecule has 1 N–H and O–H groups in total. The molecule has 8 nitrogen and oxygen atoms in total. The van der Waals surface area contributed by atoms with Gasteiger partial charge in [0.15, 0.2) is 17.4 Å². The number of hydrogen-bond acceptors (Lipinski definition) is 7. The van der Waals surface area contributed by atoms with E-state index in [1.807, 2.05) is 20.8 Å². The van der Waals surface area contributed by atoms with E-state index in [2.05, 4.69) is 20.4 Å². The van der Waals surface area contributed by atoms with Gasteiger partial charge in [-0.3, -0.25) is 0 Å². The molecule has 2 aromatic heterocycles. The molecule has 25 heavy (non-hydrogen) atoms. The van der Waals surface area contributed by atoms with Crippen LogP contribution in [-0.2, 0) is 10.3 Å². The number of carbonyl (C=O) groups excluding carboxylic acids is 1. The molecule has 2 aromatic rings. The summed E-state index contributed by atoms with van der Waals surface area (Å²) in [7, 11) is 0. The largest absolute Gasteiger partial charge is 0.448 e. The molecule has 2 saturated carbocycles. The summed E-state index contributed by atoms with van der Waals surface area (Å²) in [5.41, 5.74) is -0.655. The van der Waals surface area contributed by atoms with Crippen LogP contribution in [0.5, 0.6) is 0 Å². The van der Waals surface area contributed by atoms with Gasteiger partial charge in [0.2, 0.25) is 0 Å². The van der Waals surface area contributed by atoms with Crippen molar-refractivity contribution in [3.8, 4) is 11.6 Å². The first-order valence-electron chi connectivity index (χ1n) is 8.66. The van der Waals surface area contributed by atoms with Crippen molar-refractivity contribution in [2.24, 2.45) is 0 Å². The van der Waals surface area contributed by atoms with Crippen LogP contribution < -0.4 is 5.32 Å². The second-order valence-corrected chi connectivity index (χ2v) is 7.83. The zero-order chi connectivity index (χ0) is 17.7. The molecule has 0 saturated heterocycles. The summed E-state index contributed by atoms with van der Waals surface area (Å²) in [5.74, 6) is 1.90. The molecule has 8 heteroatoms. The molecule has 0 atom stereocenters. The van der Waals surface area contributed by atoms with E-state index < -0.39 is 17.2 Å². The highest BCUT2D eigenvalue weighted by Gasteiger charge is 2.45. The fourth-order valence-electron chi connectivity index (χ4n) is 2.86. The molecule has 134 valence electrons. The molecule has 1 amide bonds. The van der Waals surface area contributed by atoms with E-state index >= 15 is 0 Å². The van der Waals surface area contributed by atoms with Crippen LogP contribution in [0, 0.1) is 0 Å². The minimum absolute atomic E-state index is 0.308. The summed E-state index contributed by atoms with van der Waals surface area (Å²) in [6.07, 6.45) is 5.76. The number of ether oxygens (including phenoxy) is 1. The fourth-order valence-corrected chi connectivity index (χ4v) is 2.86. The Morgan fingerprint density at radius 1 is 1.32 bits per heavy atom. The molecule has 0 bridgehead atoms. The quantitative estimate of drug-likeness (QED) is 0.903. The zero-order valence-corrected chi connectivity index (χ0v) is 14.7. The normalized spacial score (nSPS) is 19.3. The number of nitrogens with zero attached hydrogens (tertiary/aromatic N) is 3. The third kappa shape index (κ3) is 3.25. The molecule has 0 aliphatic heterocycles. The van der Waals surface area contributed by atoms with Crippen molar-refractivity contribution >= 4 is 6.09 Å². The predicted octanol–water partition coefficient (Wildman–Crippen LogP) is 3.51. The van der Waals surface area contributed by atoms with Crippen molar-refractivity contribution in [3.63, 3.8) is 0 Å². The molecule has 2 fully saturated rings. The van der Waals surface area contributed by atoms with Crippen molar-refractivity contribution in [2.75, 3.05) is 0 Å². The molecular formula is C17H22N4O4. The van der Waals surface area contributed by atoms with Crippen LogP contribution in [0.25, 0.3) is 11.6 Å². The zero-order valence-electron chi connectivity index (χ0n) is 14.7. The summed E-state index contributed by atoms with van der Waals surface area (Å²) in [6, 6.07) is 0. The van der Waals surface area contributed by atoms with Gasteiger partial charge in [-0.2, -0.15) is 4.98 Å². The highest BCUT2D eigenvalue weighted by atomic mass is 16.6. The highest BCUT2D eigenvalue weighted by molar-refractivity contribution is 5.69. The smallest absolute Gasteiger partial charge is 0.408 e. The monoisotopic (exact) mass is 346 g/mol. The van der Waals surface area contributed by atoms with E-state index in [0.29, 0.717) is 23.3 Å². The lowest BCUT2D eigenvalue weighted by Crippen LogP contribution is -2.52. The molecule has 0 aromatic carbocycles. The van der Waals surface area contributed by atoms with Crippen molar-refractivity contribution in [3.05, 3.63) is 18.0 Å². The molecule has 0 spiro atoms. The van der Waals surface area contributed by atoms with Crippen LogP contribution in [0.2, 0.25) is 0 Å². The maximum absolute atomic E-state index is 12.2. The molecule has 4 rings (SSSR count).